The summed E-state index contributed by atoms with van der Waals surface area (Å²) < 4.78 is 5.58. The summed E-state index contributed by atoms with van der Waals surface area (Å²) in [7, 11) is 1.80. The van der Waals surface area contributed by atoms with E-state index in [4.69, 9.17) is 24.5 Å². The molecule has 2 saturated carbocycles. The van der Waals surface area contributed by atoms with Crippen molar-refractivity contribution in [2.75, 3.05) is 20.2 Å². The summed E-state index contributed by atoms with van der Waals surface area (Å²) >= 11 is 0. The number of rotatable bonds is 5. The highest BCUT2D eigenvalue weighted by Crippen LogP contribution is 2.58. The van der Waals surface area contributed by atoms with E-state index in [1.165, 1.54) is 106 Å². The first-order valence-corrected chi connectivity index (χ1v) is 21.2. The first-order valence-electron chi connectivity index (χ1n) is 21.2. The number of piperidine rings is 2. The number of aromatic hydroxyl groups is 1. The van der Waals surface area contributed by atoms with Crippen LogP contribution in [-0.2, 0) is 46.4 Å². The number of ether oxygens (including phenoxy) is 1. The molecule has 4 aromatic rings. The first-order chi connectivity index (χ1) is 27.7. The Bertz CT molecular complexity index is 2030. The topological polar surface area (TPSA) is 111 Å². The normalized spacial score (nSPS) is 27.8. The lowest BCUT2D eigenvalue weighted by Gasteiger charge is -2.59. The lowest BCUT2D eigenvalue weighted by atomic mass is 9.52. The molecular weight excluding hydrogens is 792 g/mol. The number of methoxy groups -OCH3 is 1. The number of hydrogen-bond donors (Lipinski definition) is 3. The predicted molar refractivity (Wildman–Crippen MR) is 232 cm³/mol. The predicted octanol–water partition coefficient (Wildman–Crippen LogP) is 9.34. The summed E-state index contributed by atoms with van der Waals surface area (Å²) in [6, 6.07) is 36.4. The average Bonchev–Trinajstić information content (AvgIpc) is 3.24. The Kier molecular flexibility index (Phi) is 13.0. The Morgan fingerprint density at radius 3 is 1.57 bits per heavy atom. The maximum absolute atomic E-state index is 10.1. The van der Waals surface area contributed by atoms with Gasteiger partial charge in [-0.05, 0) is 134 Å². The van der Waals surface area contributed by atoms with E-state index in [1.54, 1.807) is 18.2 Å². The van der Waals surface area contributed by atoms with Gasteiger partial charge in [-0.1, -0.05) is 98.5 Å². The number of carboxylic acids is 2. The van der Waals surface area contributed by atoms with Gasteiger partial charge in [-0.2, -0.15) is 0 Å². The minimum Gasteiger partial charge on any atom is -0.508 e. The van der Waals surface area contributed by atoms with Gasteiger partial charge in [0.1, 0.15) is 11.5 Å². The minimum atomic E-state index is -1.82. The van der Waals surface area contributed by atoms with Crippen LogP contribution in [0.1, 0.15) is 97.6 Å². The standard InChI is InChI=1S/C24H29NO.C23H27NO.C2H2O4.BrH/c1-26-20-11-10-19-15-23-21-9-5-6-12-24(21,22(19)16-20)13-14-25(23)17-18-7-3-2-4-8-18;25-19-10-9-18-14-22-20-8-4-5-11-23(20,21(18)15-19)12-13-24(22)16-17-6-2-1-3-7-17;3-1(4)2(5)6;/h2-4,7-8,10-11,16,21,23H,5-6,9,12-15,17H2,1H3;1-3,6-7,9-10,15,20,22,25H,4-5,8,11-14,16H2;(H,3,4)(H,5,6);1H/t21-,23+,24+;20-,22+,23+;;/m11../s1. The molecule has 6 atom stereocenters. The Labute approximate surface area is 354 Å². The molecule has 4 aliphatic carbocycles. The zero-order valence-electron chi connectivity index (χ0n) is 33.7. The van der Waals surface area contributed by atoms with Crippen LogP contribution in [-0.4, -0.2) is 69.3 Å². The second kappa shape index (κ2) is 18.0. The molecule has 2 saturated heterocycles. The van der Waals surface area contributed by atoms with E-state index in [2.05, 4.69) is 101 Å². The van der Waals surface area contributed by atoms with Crippen molar-refractivity contribution in [2.24, 2.45) is 11.8 Å². The quantitative estimate of drug-likeness (QED) is 0.171. The SMILES string of the molecule is Br.COc1ccc2c(c1)[C@]13CCCC[C@@H]1[C@H](C2)N(Cc1ccccc1)CC3.O=C(O)C(=O)O.Oc1ccc2c(c1)[C@]13CCCC[C@@H]1[C@H](C2)N(Cc1ccccc1)CC3. The lowest BCUT2D eigenvalue weighted by molar-refractivity contribution is -0.159. The number of phenols is 1. The number of fused-ring (bicyclic) bond motifs is 2. The monoisotopic (exact) mass is 850 g/mol. The van der Waals surface area contributed by atoms with Gasteiger partial charge in [0.05, 0.1) is 7.11 Å². The van der Waals surface area contributed by atoms with Crippen molar-refractivity contribution in [3.05, 3.63) is 130 Å². The number of aliphatic carboxylic acids is 2. The van der Waals surface area contributed by atoms with Crippen molar-refractivity contribution in [3.8, 4) is 11.5 Å². The number of likely N-dealkylation sites (tertiary alicyclic amines) is 2. The molecule has 6 aliphatic rings. The van der Waals surface area contributed by atoms with Gasteiger partial charge in [-0.3, -0.25) is 9.80 Å². The molecule has 0 unspecified atom stereocenters. The van der Waals surface area contributed by atoms with E-state index in [1.807, 2.05) is 6.07 Å². The van der Waals surface area contributed by atoms with Crippen LogP contribution in [0, 0.1) is 11.8 Å². The molecule has 8 nitrogen and oxygen atoms in total. The third kappa shape index (κ3) is 8.19. The maximum atomic E-state index is 10.1. The molecule has 3 N–H and O–H groups in total. The zero-order chi connectivity index (χ0) is 39.6. The van der Waals surface area contributed by atoms with Crippen LogP contribution < -0.4 is 4.74 Å². The molecule has 4 fully saturated rings. The van der Waals surface area contributed by atoms with E-state index in [0.717, 1.165) is 37.1 Å². The molecular formula is C49H59BrN2O6. The van der Waals surface area contributed by atoms with Crippen LogP contribution in [0.2, 0.25) is 0 Å². The van der Waals surface area contributed by atoms with Gasteiger partial charge < -0.3 is 20.1 Å². The summed E-state index contributed by atoms with van der Waals surface area (Å²) in [5, 5.41) is 24.9. The van der Waals surface area contributed by atoms with E-state index in [0.29, 0.717) is 28.7 Å². The average molecular weight is 852 g/mol. The molecule has 4 bridgehead atoms. The van der Waals surface area contributed by atoms with Crippen LogP contribution in [0.15, 0.2) is 97.1 Å². The third-order valence-corrected chi connectivity index (χ3v) is 14.7. The van der Waals surface area contributed by atoms with E-state index < -0.39 is 11.9 Å². The molecule has 58 heavy (non-hydrogen) atoms. The third-order valence-electron chi connectivity index (χ3n) is 14.7. The smallest absolute Gasteiger partial charge is 0.414 e. The highest BCUT2D eigenvalue weighted by Gasteiger charge is 2.55. The Hall–Kier alpha value is -4.18. The number of carbonyl (C=O) groups is 2. The Morgan fingerprint density at radius 2 is 1.10 bits per heavy atom. The number of carboxylic acid groups (broad SMARTS) is 2. The van der Waals surface area contributed by atoms with E-state index in [9.17, 15) is 5.11 Å². The van der Waals surface area contributed by atoms with Crippen molar-refractivity contribution in [3.63, 3.8) is 0 Å². The molecule has 9 heteroatoms. The largest absolute Gasteiger partial charge is 0.508 e. The molecule has 0 spiro atoms. The number of benzene rings is 4. The van der Waals surface area contributed by atoms with Gasteiger partial charge in [0.25, 0.3) is 0 Å². The van der Waals surface area contributed by atoms with E-state index in [-0.39, 0.29) is 17.0 Å². The van der Waals surface area contributed by atoms with Crippen LogP contribution in [0.25, 0.3) is 0 Å². The molecule has 0 radical (unpaired) electrons. The van der Waals surface area contributed by atoms with Gasteiger partial charge in [-0.15, -0.1) is 17.0 Å². The molecule has 0 amide bonds. The van der Waals surface area contributed by atoms with Crippen molar-refractivity contribution < 1.29 is 29.6 Å². The van der Waals surface area contributed by atoms with Crippen LogP contribution in [0.3, 0.4) is 0 Å². The van der Waals surface area contributed by atoms with Crippen molar-refractivity contribution in [2.45, 2.75) is 113 Å². The van der Waals surface area contributed by atoms with Gasteiger partial charge in [0, 0.05) is 36.0 Å². The summed E-state index contributed by atoms with van der Waals surface area (Å²) in [5.74, 6) is -0.596. The fraction of sp³-hybridized carbons (Fsp3) is 0.469. The fourth-order valence-electron chi connectivity index (χ4n) is 12.3. The zero-order valence-corrected chi connectivity index (χ0v) is 35.4. The van der Waals surface area contributed by atoms with Gasteiger partial charge in [-0.25, -0.2) is 9.59 Å². The van der Waals surface area contributed by atoms with Crippen LogP contribution in [0.5, 0.6) is 11.5 Å². The summed E-state index contributed by atoms with van der Waals surface area (Å²) in [6.45, 7) is 4.59. The number of halogens is 1. The van der Waals surface area contributed by atoms with Crippen LogP contribution in [0.4, 0.5) is 0 Å². The first kappa shape index (κ1) is 42.0. The number of nitrogens with zero attached hydrogens (tertiary/aromatic N) is 2. The van der Waals surface area contributed by atoms with Gasteiger partial charge in [0.2, 0.25) is 0 Å². The molecule has 4 aromatic carbocycles. The molecule has 2 heterocycles. The number of phenolic OH excluding ortho intramolecular Hbond substituents is 1. The van der Waals surface area contributed by atoms with Crippen molar-refractivity contribution >= 4 is 28.9 Å². The van der Waals surface area contributed by atoms with Crippen molar-refractivity contribution in [1.82, 2.24) is 9.80 Å². The summed E-state index contributed by atoms with van der Waals surface area (Å²) in [4.78, 5) is 23.7. The summed E-state index contributed by atoms with van der Waals surface area (Å²) in [6.07, 6.45) is 15.8. The summed E-state index contributed by atoms with van der Waals surface area (Å²) in [5.41, 5.74) is 9.77. The Balaban J connectivity index is 0.000000153. The molecule has 0 aromatic heterocycles. The second-order valence-corrected chi connectivity index (χ2v) is 17.4. The highest BCUT2D eigenvalue weighted by molar-refractivity contribution is 8.93. The Morgan fingerprint density at radius 1 is 0.638 bits per heavy atom. The maximum Gasteiger partial charge on any atom is 0.414 e. The van der Waals surface area contributed by atoms with Crippen molar-refractivity contribution in [1.29, 1.82) is 0 Å². The lowest BCUT2D eigenvalue weighted by Crippen LogP contribution is -2.60. The minimum absolute atomic E-state index is 0. The van der Waals surface area contributed by atoms with Crippen LogP contribution >= 0.6 is 17.0 Å². The molecule has 10 rings (SSSR count). The van der Waals surface area contributed by atoms with Gasteiger partial charge >= 0.3 is 11.9 Å². The van der Waals surface area contributed by atoms with Gasteiger partial charge in [0.15, 0.2) is 0 Å². The highest BCUT2D eigenvalue weighted by atomic mass is 79.9. The number of hydrogen-bond acceptors (Lipinski definition) is 6. The second-order valence-electron chi connectivity index (χ2n) is 17.4. The molecule has 2 aliphatic heterocycles. The van der Waals surface area contributed by atoms with E-state index >= 15 is 0 Å². The fourth-order valence-corrected chi connectivity index (χ4v) is 12.3. The molecule has 308 valence electrons.